The molecule has 0 radical (unpaired) electrons. The Bertz CT molecular complexity index is 1060. The molecule has 2 aromatic carbocycles. The van der Waals surface area contributed by atoms with Crippen molar-refractivity contribution in [3.05, 3.63) is 65.2 Å². The number of sulfonamides is 1. The fourth-order valence-corrected chi connectivity index (χ4v) is 4.81. The van der Waals surface area contributed by atoms with Crippen LogP contribution in [0.5, 0.6) is 0 Å². The Balaban J connectivity index is 1.79. The molecule has 1 aromatic heterocycles. The summed E-state index contributed by atoms with van der Waals surface area (Å²) >= 11 is 1.31. The van der Waals surface area contributed by atoms with Crippen LogP contribution in [0.4, 0.5) is 10.8 Å². The second-order valence-electron chi connectivity index (χ2n) is 6.38. The zero-order chi connectivity index (χ0) is 20.9. The lowest BCUT2D eigenvalue weighted by atomic mass is 10.2. The van der Waals surface area contributed by atoms with Crippen molar-refractivity contribution in [2.45, 2.75) is 31.6 Å². The molecule has 0 spiro atoms. The van der Waals surface area contributed by atoms with Gasteiger partial charge in [-0.15, -0.1) is 10.2 Å². The number of nitrogens with zero attached hydrogens (tertiary/aromatic N) is 3. The minimum absolute atomic E-state index is 0.00545. The van der Waals surface area contributed by atoms with Crippen LogP contribution in [-0.4, -0.2) is 31.1 Å². The van der Waals surface area contributed by atoms with Gasteiger partial charge in [-0.1, -0.05) is 54.2 Å². The van der Waals surface area contributed by atoms with Crippen molar-refractivity contribution in [1.82, 2.24) is 10.2 Å². The van der Waals surface area contributed by atoms with Crippen LogP contribution < -0.4 is 9.62 Å². The molecular formula is C20H22N4O3S2. The van der Waals surface area contributed by atoms with E-state index in [1.165, 1.54) is 15.6 Å². The number of rotatable bonds is 8. The molecule has 0 unspecified atom stereocenters. The number of amides is 1. The smallest absolute Gasteiger partial charge is 0.264 e. The number of benzene rings is 2. The third-order valence-electron chi connectivity index (χ3n) is 4.21. The summed E-state index contributed by atoms with van der Waals surface area (Å²) in [5, 5.41) is 11.8. The molecule has 0 aliphatic rings. The van der Waals surface area contributed by atoms with E-state index in [2.05, 4.69) is 15.5 Å². The molecule has 1 heterocycles. The van der Waals surface area contributed by atoms with Gasteiger partial charge in [0.1, 0.15) is 5.01 Å². The van der Waals surface area contributed by atoms with E-state index in [0.29, 0.717) is 10.8 Å². The Morgan fingerprint density at radius 3 is 2.38 bits per heavy atom. The largest absolute Gasteiger partial charge is 0.300 e. The number of aryl methyl sites for hydroxylation is 2. The van der Waals surface area contributed by atoms with Crippen LogP contribution in [0.1, 0.15) is 23.9 Å². The average molecular weight is 431 g/mol. The Hall–Kier alpha value is -2.78. The molecule has 9 heteroatoms. The van der Waals surface area contributed by atoms with Gasteiger partial charge in [0, 0.05) is 13.0 Å². The molecule has 0 fully saturated rings. The summed E-state index contributed by atoms with van der Waals surface area (Å²) in [4.78, 5) is 12.5. The molecule has 1 N–H and O–H groups in total. The van der Waals surface area contributed by atoms with Crippen LogP contribution in [0, 0.1) is 6.92 Å². The van der Waals surface area contributed by atoms with Crippen molar-refractivity contribution in [3.63, 3.8) is 0 Å². The van der Waals surface area contributed by atoms with Gasteiger partial charge < -0.3 is 5.32 Å². The van der Waals surface area contributed by atoms with Crippen molar-refractivity contribution >= 4 is 38.1 Å². The fraction of sp³-hybridized carbons (Fsp3) is 0.250. The molecule has 3 rings (SSSR count). The van der Waals surface area contributed by atoms with E-state index in [1.807, 2.05) is 19.9 Å². The molecule has 0 saturated carbocycles. The maximum atomic E-state index is 13.2. The molecular weight excluding hydrogens is 408 g/mol. The summed E-state index contributed by atoms with van der Waals surface area (Å²) in [5.74, 6) is -0.316. The van der Waals surface area contributed by atoms with Gasteiger partial charge in [-0.25, -0.2) is 8.42 Å². The first-order valence-electron chi connectivity index (χ1n) is 9.17. The lowest BCUT2D eigenvalue weighted by Crippen LogP contribution is -2.34. The van der Waals surface area contributed by atoms with Crippen molar-refractivity contribution in [3.8, 4) is 0 Å². The van der Waals surface area contributed by atoms with Gasteiger partial charge in [0.05, 0.1) is 10.6 Å². The summed E-state index contributed by atoms with van der Waals surface area (Å²) in [6, 6.07) is 15.4. The Morgan fingerprint density at radius 2 is 1.76 bits per heavy atom. The molecule has 0 atom stereocenters. The highest BCUT2D eigenvalue weighted by molar-refractivity contribution is 7.92. The summed E-state index contributed by atoms with van der Waals surface area (Å²) < 4.78 is 27.7. The summed E-state index contributed by atoms with van der Waals surface area (Å²) in [6.45, 7) is 3.86. The first kappa shape index (κ1) is 20.9. The second-order valence-corrected chi connectivity index (χ2v) is 9.30. The van der Waals surface area contributed by atoms with Crippen LogP contribution in [0.25, 0.3) is 0 Å². The third-order valence-corrected chi connectivity index (χ3v) is 7.04. The van der Waals surface area contributed by atoms with Gasteiger partial charge in [0.25, 0.3) is 10.0 Å². The quantitative estimate of drug-likeness (QED) is 0.589. The van der Waals surface area contributed by atoms with Crippen LogP contribution >= 0.6 is 11.3 Å². The van der Waals surface area contributed by atoms with Crippen molar-refractivity contribution < 1.29 is 13.2 Å². The molecule has 0 aliphatic heterocycles. The predicted molar refractivity (Wildman–Crippen MR) is 115 cm³/mol. The maximum absolute atomic E-state index is 13.2. The lowest BCUT2D eigenvalue weighted by Gasteiger charge is -2.24. The van der Waals surface area contributed by atoms with Crippen LogP contribution in [0.3, 0.4) is 0 Å². The average Bonchev–Trinajstić information content (AvgIpc) is 3.16. The standard InChI is InChI=1S/C20H22N4O3S2/c1-3-19-22-23-20(28-19)21-18(25)13-14-24(16-7-5-4-6-8-16)29(26,27)17-11-9-15(2)10-12-17/h4-12H,3,13-14H2,1-2H3,(H,21,23,25). The molecule has 29 heavy (non-hydrogen) atoms. The molecule has 0 saturated heterocycles. The fourth-order valence-electron chi connectivity index (χ4n) is 2.65. The molecule has 0 bridgehead atoms. The second kappa shape index (κ2) is 9.15. The van der Waals surface area contributed by atoms with E-state index >= 15 is 0 Å². The van der Waals surface area contributed by atoms with E-state index in [9.17, 15) is 13.2 Å². The molecule has 152 valence electrons. The topological polar surface area (TPSA) is 92.3 Å². The summed E-state index contributed by atoms with van der Waals surface area (Å²) in [7, 11) is -3.81. The van der Waals surface area contributed by atoms with Gasteiger partial charge in [-0.05, 0) is 37.6 Å². The number of anilines is 2. The zero-order valence-corrected chi connectivity index (χ0v) is 17.8. The summed E-state index contributed by atoms with van der Waals surface area (Å²) in [6.07, 6.45) is 0.727. The van der Waals surface area contributed by atoms with Crippen LogP contribution in [0.2, 0.25) is 0 Å². The normalized spacial score (nSPS) is 11.2. The number of carbonyl (C=O) groups is 1. The monoisotopic (exact) mass is 430 g/mol. The molecule has 3 aromatic rings. The molecule has 1 amide bonds. The van der Waals surface area contributed by atoms with Crippen molar-refractivity contribution in [2.24, 2.45) is 0 Å². The van der Waals surface area contributed by atoms with Gasteiger partial charge in [-0.3, -0.25) is 9.10 Å². The number of hydrogen-bond acceptors (Lipinski definition) is 6. The van der Waals surface area contributed by atoms with Gasteiger partial charge >= 0.3 is 0 Å². The van der Waals surface area contributed by atoms with Gasteiger partial charge in [0.15, 0.2) is 0 Å². The first-order chi connectivity index (χ1) is 13.9. The lowest BCUT2D eigenvalue weighted by molar-refractivity contribution is -0.116. The summed E-state index contributed by atoms with van der Waals surface area (Å²) in [5.41, 5.74) is 1.48. The number of carbonyl (C=O) groups excluding carboxylic acids is 1. The third kappa shape index (κ3) is 5.18. The maximum Gasteiger partial charge on any atom is 0.264 e. The van der Waals surface area contributed by atoms with E-state index in [-0.39, 0.29) is 23.8 Å². The zero-order valence-electron chi connectivity index (χ0n) is 16.2. The Kier molecular flexibility index (Phi) is 6.60. The number of hydrogen-bond donors (Lipinski definition) is 1. The van der Waals surface area contributed by atoms with E-state index in [4.69, 9.17) is 0 Å². The number of aromatic nitrogens is 2. The van der Waals surface area contributed by atoms with Gasteiger partial charge in [-0.2, -0.15) is 0 Å². The van der Waals surface area contributed by atoms with E-state index in [1.54, 1.807) is 48.5 Å². The van der Waals surface area contributed by atoms with Crippen LogP contribution in [0.15, 0.2) is 59.5 Å². The molecule has 7 nitrogen and oxygen atoms in total. The molecule has 0 aliphatic carbocycles. The number of para-hydroxylation sites is 1. The van der Waals surface area contributed by atoms with Crippen molar-refractivity contribution in [1.29, 1.82) is 0 Å². The number of nitrogens with one attached hydrogen (secondary N) is 1. The predicted octanol–water partition coefficient (Wildman–Crippen LogP) is 3.63. The Morgan fingerprint density at radius 1 is 1.07 bits per heavy atom. The van der Waals surface area contributed by atoms with Crippen LogP contribution in [-0.2, 0) is 21.2 Å². The first-order valence-corrected chi connectivity index (χ1v) is 11.4. The minimum atomic E-state index is -3.81. The highest BCUT2D eigenvalue weighted by Crippen LogP contribution is 2.24. The highest BCUT2D eigenvalue weighted by atomic mass is 32.2. The van der Waals surface area contributed by atoms with Gasteiger partial charge in [0.2, 0.25) is 11.0 Å². The Labute approximate surface area is 174 Å². The SMILES string of the molecule is CCc1nnc(NC(=O)CCN(c2ccccc2)S(=O)(=O)c2ccc(C)cc2)s1. The van der Waals surface area contributed by atoms with E-state index in [0.717, 1.165) is 17.0 Å². The highest BCUT2D eigenvalue weighted by Gasteiger charge is 2.25. The minimum Gasteiger partial charge on any atom is -0.300 e. The van der Waals surface area contributed by atoms with Crippen molar-refractivity contribution in [2.75, 3.05) is 16.2 Å². The van der Waals surface area contributed by atoms with E-state index < -0.39 is 10.0 Å².